The fourth-order valence-electron chi connectivity index (χ4n) is 3.09. The van der Waals surface area contributed by atoms with Gasteiger partial charge in [0.05, 0.1) is 13.2 Å². The van der Waals surface area contributed by atoms with Gasteiger partial charge in [-0.2, -0.15) is 0 Å². The topological polar surface area (TPSA) is 65.1 Å². The van der Waals surface area contributed by atoms with Gasteiger partial charge in [0.1, 0.15) is 12.7 Å². The Morgan fingerprint density at radius 3 is 2.60 bits per heavy atom. The normalized spacial score (nSPS) is 18.9. The van der Waals surface area contributed by atoms with Crippen LogP contribution in [-0.2, 0) is 23.8 Å². The maximum Gasteiger partial charge on any atom is 0.331 e. The van der Waals surface area contributed by atoms with E-state index in [-0.39, 0.29) is 18.6 Å². The molecule has 1 saturated heterocycles. The predicted octanol–water partition coefficient (Wildman–Crippen LogP) is 2.68. The Balaban J connectivity index is 1.97. The second kappa shape index (κ2) is 8.45. The Hall–Kier alpha value is -1.92. The molecule has 0 radical (unpaired) electrons. The lowest BCUT2D eigenvalue weighted by molar-refractivity contribution is -0.237. The van der Waals surface area contributed by atoms with Crippen LogP contribution in [0, 0.1) is 0 Å². The molecular weight excluding hydrogens is 322 g/mol. The number of ether oxygens (including phenoxy) is 3. The van der Waals surface area contributed by atoms with Gasteiger partial charge in [-0.05, 0) is 39.2 Å². The number of methoxy groups -OCH3 is 1. The molecule has 2 atom stereocenters. The second-order valence-corrected chi connectivity index (χ2v) is 6.63. The molecule has 6 heteroatoms. The number of rotatable bonds is 7. The minimum absolute atomic E-state index is 0.0684. The molecule has 0 bridgehead atoms. The van der Waals surface area contributed by atoms with E-state index in [4.69, 9.17) is 9.47 Å². The van der Waals surface area contributed by atoms with Crippen LogP contribution in [0.5, 0.6) is 0 Å². The summed E-state index contributed by atoms with van der Waals surface area (Å²) >= 11 is 0. The molecular formula is C19H27NO5. The molecule has 0 aliphatic carbocycles. The summed E-state index contributed by atoms with van der Waals surface area (Å²) < 4.78 is 15.7. The molecule has 1 heterocycles. The molecule has 1 aromatic carbocycles. The molecule has 0 spiro atoms. The van der Waals surface area contributed by atoms with Crippen LogP contribution >= 0.6 is 0 Å². The molecule has 2 rings (SSSR count). The molecule has 1 aliphatic heterocycles. The van der Waals surface area contributed by atoms with Crippen LogP contribution in [0.25, 0.3) is 0 Å². The number of hydrogen-bond donors (Lipinski definition) is 0. The van der Waals surface area contributed by atoms with Crippen molar-refractivity contribution in [3.63, 3.8) is 0 Å². The van der Waals surface area contributed by atoms with Gasteiger partial charge in [-0.15, -0.1) is 0 Å². The Labute approximate surface area is 149 Å². The number of carbonyl (C=O) groups is 2. The molecule has 0 aromatic heterocycles. The zero-order valence-corrected chi connectivity index (χ0v) is 15.4. The fraction of sp³-hybridized carbons (Fsp3) is 0.579. The highest BCUT2D eigenvalue weighted by Gasteiger charge is 2.35. The quantitative estimate of drug-likeness (QED) is 0.559. The van der Waals surface area contributed by atoms with E-state index >= 15 is 0 Å². The Bertz CT molecular complexity index is 587. The summed E-state index contributed by atoms with van der Waals surface area (Å²) in [6, 6.07) is 10.1. The Morgan fingerprint density at radius 2 is 1.96 bits per heavy atom. The van der Waals surface area contributed by atoms with Crippen molar-refractivity contribution in [1.29, 1.82) is 0 Å². The third kappa shape index (κ3) is 5.28. The summed E-state index contributed by atoms with van der Waals surface area (Å²) in [4.78, 5) is 25.9. The zero-order chi connectivity index (χ0) is 18.4. The first-order valence-corrected chi connectivity index (χ1v) is 8.58. The van der Waals surface area contributed by atoms with Gasteiger partial charge in [0, 0.05) is 6.54 Å². The lowest BCUT2D eigenvalue weighted by Gasteiger charge is -2.32. The molecule has 1 amide bonds. The summed E-state index contributed by atoms with van der Waals surface area (Å²) in [5, 5.41) is 0. The van der Waals surface area contributed by atoms with Gasteiger partial charge in [-0.25, -0.2) is 4.79 Å². The van der Waals surface area contributed by atoms with Crippen molar-refractivity contribution in [3.05, 3.63) is 35.9 Å². The minimum Gasteiger partial charge on any atom is -0.467 e. The third-order valence-electron chi connectivity index (χ3n) is 4.29. The minimum atomic E-state index is -1.06. The smallest absolute Gasteiger partial charge is 0.331 e. The molecule has 1 aromatic rings. The molecule has 138 valence electrons. The van der Waals surface area contributed by atoms with Crippen molar-refractivity contribution in [2.45, 2.75) is 51.5 Å². The van der Waals surface area contributed by atoms with E-state index in [0.717, 1.165) is 24.9 Å². The number of benzene rings is 1. The van der Waals surface area contributed by atoms with Gasteiger partial charge in [0.15, 0.2) is 5.79 Å². The van der Waals surface area contributed by atoms with Crippen LogP contribution in [0.15, 0.2) is 30.3 Å². The second-order valence-electron chi connectivity index (χ2n) is 6.63. The highest BCUT2D eigenvalue weighted by molar-refractivity contribution is 5.81. The van der Waals surface area contributed by atoms with Crippen molar-refractivity contribution in [2.24, 2.45) is 0 Å². The van der Waals surface area contributed by atoms with Gasteiger partial charge in [-0.1, -0.05) is 30.3 Å². The van der Waals surface area contributed by atoms with Crippen LogP contribution in [-0.4, -0.2) is 48.9 Å². The number of esters is 1. The number of likely N-dealkylation sites (tertiary alicyclic amines) is 1. The number of nitrogens with zero attached hydrogens (tertiary/aromatic N) is 1. The number of amides is 1. The summed E-state index contributed by atoms with van der Waals surface area (Å²) in [5.41, 5.74) is 1.14. The zero-order valence-electron chi connectivity index (χ0n) is 15.4. The van der Waals surface area contributed by atoms with Gasteiger partial charge in [0.2, 0.25) is 0 Å². The average molecular weight is 349 g/mol. The summed E-state index contributed by atoms with van der Waals surface area (Å²) in [5.74, 6) is -1.62. The van der Waals surface area contributed by atoms with Gasteiger partial charge in [-0.3, -0.25) is 4.79 Å². The van der Waals surface area contributed by atoms with E-state index < -0.39 is 17.9 Å². The number of carbonyl (C=O) groups excluding carboxylic acids is 2. The molecule has 0 N–H and O–H groups in total. The van der Waals surface area contributed by atoms with Crippen molar-refractivity contribution in [2.75, 3.05) is 20.3 Å². The van der Waals surface area contributed by atoms with Gasteiger partial charge < -0.3 is 19.1 Å². The molecule has 0 saturated carbocycles. The van der Waals surface area contributed by atoms with Gasteiger partial charge >= 0.3 is 5.97 Å². The lowest BCUT2D eigenvalue weighted by Crippen LogP contribution is -2.43. The van der Waals surface area contributed by atoms with Gasteiger partial charge in [0.25, 0.3) is 5.91 Å². The predicted molar refractivity (Wildman–Crippen MR) is 92.7 cm³/mol. The van der Waals surface area contributed by atoms with E-state index in [0.29, 0.717) is 0 Å². The van der Waals surface area contributed by atoms with Crippen LogP contribution < -0.4 is 0 Å². The molecule has 6 nitrogen and oxygen atoms in total. The first-order chi connectivity index (χ1) is 11.8. The van der Waals surface area contributed by atoms with Crippen LogP contribution in [0.3, 0.4) is 0 Å². The fourth-order valence-corrected chi connectivity index (χ4v) is 3.09. The monoisotopic (exact) mass is 349 g/mol. The lowest BCUT2D eigenvalue weighted by atomic mass is 10.0. The maximum atomic E-state index is 12.9. The molecule has 25 heavy (non-hydrogen) atoms. The summed E-state index contributed by atoms with van der Waals surface area (Å²) in [6.45, 7) is 5.57. The van der Waals surface area contributed by atoms with Crippen molar-refractivity contribution in [3.8, 4) is 0 Å². The standard InChI is InChI=1S/C19H27NO5/c1-14(25-19(2,3)24-13-17(21)23-4)18(22)20-12-8-11-16(20)15-9-6-5-7-10-15/h5-7,9-10,14,16H,8,11-13H2,1-4H3/t14-,16?/m0/s1. The van der Waals surface area contributed by atoms with E-state index in [2.05, 4.69) is 4.74 Å². The SMILES string of the molecule is COC(=O)COC(C)(C)O[C@@H](C)C(=O)N1CCCC1c1ccccc1. The highest BCUT2D eigenvalue weighted by atomic mass is 16.7. The van der Waals surface area contributed by atoms with Crippen LogP contribution in [0.4, 0.5) is 0 Å². The molecule has 1 aliphatic rings. The van der Waals surface area contributed by atoms with Crippen molar-refractivity contribution < 1.29 is 23.8 Å². The van der Waals surface area contributed by atoms with E-state index in [9.17, 15) is 9.59 Å². The Kier molecular flexibility index (Phi) is 6.56. The third-order valence-corrected chi connectivity index (χ3v) is 4.29. The van der Waals surface area contributed by atoms with E-state index in [1.807, 2.05) is 35.2 Å². The number of hydrogen-bond acceptors (Lipinski definition) is 5. The van der Waals surface area contributed by atoms with Crippen LogP contribution in [0.1, 0.15) is 45.2 Å². The van der Waals surface area contributed by atoms with Crippen molar-refractivity contribution >= 4 is 11.9 Å². The highest BCUT2D eigenvalue weighted by Crippen LogP contribution is 2.32. The summed E-state index contributed by atoms with van der Waals surface area (Å²) in [6.07, 6.45) is 1.25. The van der Waals surface area contributed by atoms with Crippen LogP contribution in [0.2, 0.25) is 0 Å². The average Bonchev–Trinajstić information content (AvgIpc) is 3.09. The largest absolute Gasteiger partial charge is 0.467 e. The molecule has 1 fully saturated rings. The van der Waals surface area contributed by atoms with E-state index in [1.165, 1.54) is 7.11 Å². The first-order valence-electron chi connectivity index (χ1n) is 8.58. The first kappa shape index (κ1) is 19.4. The maximum absolute atomic E-state index is 12.9. The Morgan fingerprint density at radius 1 is 1.28 bits per heavy atom. The van der Waals surface area contributed by atoms with E-state index in [1.54, 1.807) is 20.8 Å². The molecule has 1 unspecified atom stereocenters. The van der Waals surface area contributed by atoms with Crippen molar-refractivity contribution in [1.82, 2.24) is 4.90 Å². The summed E-state index contributed by atoms with van der Waals surface area (Å²) in [7, 11) is 1.29.